The average molecular weight is 360 g/mol. The summed E-state index contributed by atoms with van der Waals surface area (Å²) < 4.78 is 4.20. The molecule has 25 heavy (non-hydrogen) atoms. The highest BCUT2D eigenvalue weighted by atomic mass is 16.6. The number of carbonyl (C=O) groups excluding carboxylic acids is 4. The molecule has 2 aliphatic rings. The Morgan fingerprint density at radius 3 is 1.88 bits per heavy atom. The van der Waals surface area contributed by atoms with Gasteiger partial charge in [-0.25, -0.2) is 0 Å². The van der Waals surface area contributed by atoms with Gasteiger partial charge in [0.25, 0.3) is 0 Å². The zero-order chi connectivity index (χ0) is 19.4. The van der Waals surface area contributed by atoms with Gasteiger partial charge in [0, 0.05) is 32.1 Å². The Bertz CT molecular complexity index is 465. The van der Waals surface area contributed by atoms with Crippen molar-refractivity contribution in [3.05, 3.63) is 0 Å². The molecule has 2 unspecified atom stereocenters. The molecule has 0 bridgehead atoms. The van der Waals surface area contributed by atoms with E-state index in [4.69, 9.17) is 15.9 Å². The van der Waals surface area contributed by atoms with E-state index in [0.717, 1.165) is 6.42 Å². The van der Waals surface area contributed by atoms with E-state index >= 15 is 0 Å². The van der Waals surface area contributed by atoms with Crippen LogP contribution in [0.15, 0.2) is 0 Å². The first kappa shape index (κ1) is 23.2. The van der Waals surface area contributed by atoms with Crippen LogP contribution in [0.1, 0.15) is 39.5 Å². The van der Waals surface area contributed by atoms with Crippen molar-refractivity contribution in [2.45, 2.75) is 39.5 Å². The van der Waals surface area contributed by atoms with Gasteiger partial charge in [0.1, 0.15) is 0 Å². The van der Waals surface area contributed by atoms with Gasteiger partial charge in [-0.1, -0.05) is 13.8 Å². The first-order valence-electron chi connectivity index (χ1n) is 8.28. The van der Waals surface area contributed by atoms with Crippen LogP contribution in [-0.2, 0) is 23.9 Å². The molecule has 0 radical (unpaired) electrons. The van der Waals surface area contributed by atoms with E-state index in [0.29, 0.717) is 25.9 Å². The van der Waals surface area contributed by atoms with Crippen LogP contribution in [0.25, 0.3) is 0 Å². The molecule has 9 nitrogen and oxygen atoms in total. The number of imide groups is 1. The van der Waals surface area contributed by atoms with Crippen molar-refractivity contribution < 1.29 is 34.1 Å². The fourth-order valence-electron chi connectivity index (χ4n) is 1.99. The van der Waals surface area contributed by atoms with Crippen molar-refractivity contribution in [1.29, 1.82) is 0 Å². The molecule has 2 amide bonds. The number of amides is 2. The zero-order valence-electron chi connectivity index (χ0n) is 14.8. The molecule has 0 aromatic heterocycles. The Morgan fingerprint density at radius 1 is 1.04 bits per heavy atom. The maximum absolute atomic E-state index is 11.2. The van der Waals surface area contributed by atoms with Crippen LogP contribution in [0.3, 0.4) is 0 Å². The lowest BCUT2D eigenvalue weighted by atomic mass is 10.1. The van der Waals surface area contributed by atoms with Crippen LogP contribution < -0.4 is 5.73 Å². The standard InChI is InChI=1S/C8H13NO3.C5H6O3.C3H9NO/c1-6-5-7(11)9(8(6)12)3-2-4-10;1-3-2-4(6)8-5(3)7;4-2-1-3-5/h6,10H,2-5H2,1H3;3H,2H2,1H3;5H,1-4H2. The van der Waals surface area contributed by atoms with E-state index in [2.05, 4.69) is 4.74 Å². The molecule has 4 N–H and O–H groups in total. The molecule has 0 aromatic carbocycles. The maximum Gasteiger partial charge on any atom is 0.316 e. The molecule has 0 aromatic rings. The Morgan fingerprint density at radius 2 is 1.64 bits per heavy atom. The van der Waals surface area contributed by atoms with E-state index in [9.17, 15) is 19.2 Å². The van der Waals surface area contributed by atoms with Gasteiger partial charge in [-0.15, -0.1) is 0 Å². The summed E-state index contributed by atoms with van der Waals surface area (Å²) in [5.74, 6) is -1.40. The summed E-state index contributed by atoms with van der Waals surface area (Å²) in [5.41, 5.74) is 4.98. The van der Waals surface area contributed by atoms with Gasteiger partial charge in [0.2, 0.25) is 11.8 Å². The van der Waals surface area contributed by atoms with Crippen molar-refractivity contribution >= 4 is 23.8 Å². The highest BCUT2D eigenvalue weighted by molar-refractivity contribution is 6.03. The number of carbonyl (C=O) groups is 4. The number of ether oxygens (including phenoxy) is 1. The number of rotatable bonds is 5. The fourth-order valence-corrected chi connectivity index (χ4v) is 1.99. The van der Waals surface area contributed by atoms with E-state index in [-0.39, 0.29) is 43.3 Å². The molecule has 2 fully saturated rings. The van der Waals surface area contributed by atoms with E-state index in [1.807, 2.05) is 0 Å². The van der Waals surface area contributed by atoms with Crippen LogP contribution in [0.2, 0.25) is 0 Å². The van der Waals surface area contributed by atoms with E-state index in [1.54, 1.807) is 13.8 Å². The fraction of sp³-hybridized carbons (Fsp3) is 0.750. The first-order chi connectivity index (χ1) is 11.8. The van der Waals surface area contributed by atoms with Crippen molar-refractivity contribution in [3.8, 4) is 0 Å². The lowest BCUT2D eigenvalue weighted by molar-refractivity contribution is -0.153. The number of nitrogens with two attached hydrogens (primary N) is 1. The van der Waals surface area contributed by atoms with Crippen LogP contribution in [0.4, 0.5) is 0 Å². The van der Waals surface area contributed by atoms with Crippen LogP contribution >= 0.6 is 0 Å². The Kier molecular flexibility index (Phi) is 11.6. The third-order valence-corrected chi connectivity index (χ3v) is 3.46. The quantitative estimate of drug-likeness (QED) is 0.327. The topological polar surface area (TPSA) is 147 Å². The predicted octanol–water partition coefficient (Wildman–Crippen LogP) is -0.813. The zero-order valence-corrected chi connectivity index (χ0v) is 14.8. The minimum Gasteiger partial charge on any atom is -0.396 e. The lowest BCUT2D eigenvalue weighted by Crippen LogP contribution is -2.31. The SMILES string of the molecule is CC1CC(=O)N(CCCO)C1=O.CC1CC(=O)OC1=O.NCCCO. The van der Waals surface area contributed by atoms with Crippen LogP contribution in [0, 0.1) is 11.8 Å². The molecular formula is C16H28N2O7. The summed E-state index contributed by atoms with van der Waals surface area (Å²) in [7, 11) is 0. The Labute approximate surface area is 147 Å². The predicted molar refractivity (Wildman–Crippen MR) is 87.8 cm³/mol. The van der Waals surface area contributed by atoms with Gasteiger partial charge >= 0.3 is 11.9 Å². The Balaban J connectivity index is 0.000000382. The molecule has 2 rings (SSSR count). The number of hydrogen-bond acceptors (Lipinski definition) is 8. The summed E-state index contributed by atoms with van der Waals surface area (Å²) in [5, 5.41) is 16.5. The molecule has 2 aliphatic heterocycles. The number of cyclic esters (lactones) is 2. The van der Waals surface area contributed by atoms with Crippen LogP contribution in [0.5, 0.6) is 0 Å². The molecule has 2 heterocycles. The molecule has 2 saturated heterocycles. The summed E-state index contributed by atoms with van der Waals surface area (Å²) in [6.45, 7) is 4.61. The number of aliphatic hydroxyl groups excluding tert-OH is 2. The first-order valence-corrected chi connectivity index (χ1v) is 8.28. The van der Waals surface area contributed by atoms with Crippen molar-refractivity contribution in [1.82, 2.24) is 4.90 Å². The van der Waals surface area contributed by atoms with Gasteiger partial charge in [-0.2, -0.15) is 0 Å². The highest BCUT2D eigenvalue weighted by Crippen LogP contribution is 2.18. The van der Waals surface area contributed by atoms with Gasteiger partial charge in [0.05, 0.1) is 12.3 Å². The van der Waals surface area contributed by atoms with Crippen molar-refractivity contribution in [3.63, 3.8) is 0 Å². The second kappa shape index (κ2) is 12.5. The van der Waals surface area contributed by atoms with Gasteiger partial charge in [-0.05, 0) is 19.4 Å². The number of nitrogens with zero attached hydrogens (tertiary/aromatic N) is 1. The average Bonchev–Trinajstić information content (AvgIpc) is 2.97. The third-order valence-electron chi connectivity index (χ3n) is 3.46. The molecule has 0 spiro atoms. The molecule has 2 atom stereocenters. The van der Waals surface area contributed by atoms with Gasteiger partial charge in [0.15, 0.2) is 0 Å². The highest BCUT2D eigenvalue weighted by Gasteiger charge is 2.34. The van der Waals surface area contributed by atoms with Gasteiger partial charge < -0.3 is 20.7 Å². The number of hydrogen-bond donors (Lipinski definition) is 3. The molecular weight excluding hydrogens is 332 g/mol. The minimum absolute atomic E-state index is 0.0193. The summed E-state index contributed by atoms with van der Waals surface area (Å²) in [6, 6.07) is 0. The smallest absolute Gasteiger partial charge is 0.316 e. The monoisotopic (exact) mass is 360 g/mol. The number of esters is 2. The summed E-state index contributed by atoms with van der Waals surface area (Å²) >= 11 is 0. The minimum atomic E-state index is -0.400. The second-order valence-corrected chi connectivity index (χ2v) is 5.83. The third kappa shape index (κ3) is 8.71. The molecule has 0 aliphatic carbocycles. The molecule has 9 heteroatoms. The van der Waals surface area contributed by atoms with E-state index < -0.39 is 11.9 Å². The van der Waals surface area contributed by atoms with Gasteiger partial charge in [-0.3, -0.25) is 24.1 Å². The van der Waals surface area contributed by atoms with E-state index in [1.165, 1.54) is 4.90 Å². The molecule has 144 valence electrons. The number of aliphatic hydroxyl groups is 2. The van der Waals surface area contributed by atoms with Crippen molar-refractivity contribution in [2.24, 2.45) is 17.6 Å². The normalized spacial score (nSPS) is 22.2. The second-order valence-electron chi connectivity index (χ2n) is 5.83. The summed E-state index contributed by atoms with van der Waals surface area (Å²) in [4.78, 5) is 44.2. The van der Waals surface area contributed by atoms with Crippen molar-refractivity contribution in [2.75, 3.05) is 26.3 Å². The van der Waals surface area contributed by atoms with Crippen LogP contribution in [-0.4, -0.2) is 65.2 Å². The lowest BCUT2D eigenvalue weighted by Gasteiger charge is -2.12. The maximum atomic E-state index is 11.2. The number of likely N-dealkylation sites (tertiary alicyclic amines) is 1. The molecule has 0 saturated carbocycles. The largest absolute Gasteiger partial charge is 0.396 e. The Hall–Kier alpha value is -1.84. The summed E-state index contributed by atoms with van der Waals surface area (Å²) in [6.07, 6.45) is 1.77.